The Bertz CT molecular complexity index is 1450. The molecule has 3 N–H and O–H groups in total. The molecule has 3 aromatic carbocycles. The van der Waals surface area contributed by atoms with E-state index in [-0.39, 0.29) is 11.5 Å². The Kier molecular flexibility index (Phi) is 11.7. The molecule has 0 aliphatic heterocycles. The summed E-state index contributed by atoms with van der Waals surface area (Å²) < 4.78 is 40.4. The summed E-state index contributed by atoms with van der Waals surface area (Å²) in [4.78, 5) is 39.1. The van der Waals surface area contributed by atoms with Crippen molar-refractivity contribution < 1.29 is 27.6 Å². The minimum Gasteiger partial charge on any atom is -0.350 e. The molecule has 0 saturated heterocycles. The Morgan fingerprint density at radius 1 is 0.818 bits per heavy atom. The van der Waals surface area contributed by atoms with E-state index in [9.17, 15) is 27.6 Å². The molecule has 44 heavy (non-hydrogen) atoms. The third kappa shape index (κ3) is 10.8. The number of benzene rings is 3. The van der Waals surface area contributed by atoms with Crippen LogP contribution in [0.3, 0.4) is 0 Å². The number of nitrogens with one attached hydrogen (secondary N) is 3. The number of carbonyl (C=O) groups excluding carboxylic acids is 3. The summed E-state index contributed by atoms with van der Waals surface area (Å²) in [7, 11) is 0. The molecule has 3 rings (SSSR count). The van der Waals surface area contributed by atoms with Crippen molar-refractivity contribution >= 4 is 17.7 Å². The van der Waals surface area contributed by atoms with E-state index in [2.05, 4.69) is 28.1 Å². The van der Waals surface area contributed by atoms with Crippen LogP contribution in [0.1, 0.15) is 77.4 Å². The van der Waals surface area contributed by atoms with E-state index in [0.29, 0.717) is 31.2 Å². The minimum atomic E-state index is -4.63. The van der Waals surface area contributed by atoms with E-state index in [0.717, 1.165) is 40.8 Å². The van der Waals surface area contributed by atoms with Crippen LogP contribution in [0, 0.1) is 13.8 Å². The first-order chi connectivity index (χ1) is 20.6. The molecular weight excluding hydrogens is 567 g/mol. The first kappa shape index (κ1) is 34.4. The number of aryl methyl sites for hydroxylation is 5. The van der Waals surface area contributed by atoms with E-state index < -0.39 is 41.7 Å². The molecule has 0 spiro atoms. The fourth-order valence-corrected chi connectivity index (χ4v) is 4.96. The number of rotatable bonds is 12. The van der Waals surface area contributed by atoms with Crippen molar-refractivity contribution in [2.75, 3.05) is 6.54 Å². The maximum atomic E-state index is 13.5. The molecule has 1 atom stereocenters. The maximum absolute atomic E-state index is 13.5. The van der Waals surface area contributed by atoms with Gasteiger partial charge in [-0.1, -0.05) is 60.2 Å². The van der Waals surface area contributed by atoms with Crippen LogP contribution in [0.15, 0.2) is 66.7 Å². The molecule has 0 fully saturated rings. The summed E-state index contributed by atoms with van der Waals surface area (Å²) in [5.74, 6) is -1.75. The van der Waals surface area contributed by atoms with Crippen LogP contribution in [-0.2, 0) is 35.0 Å². The van der Waals surface area contributed by atoms with Crippen LogP contribution < -0.4 is 16.0 Å². The molecule has 0 aliphatic carbocycles. The lowest BCUT2D eigenvalue weighted by Crippen LogP contribution is -2.53. The monoisotopic (exact) mass is 609 g/mol. The zero-order valence-electron chi connectivity index (χ0n) is 26.0. The van der Waals surface area contributed by atoms with E-state index in [4.69, 9.17) is 0 Å². The molecule has 0 unspecified atom stereocenters. The number of hydrogen-bond donors (Lipinski definition) is 3. The Hall–Kier alpha value is -4.14. The van der Waals surface area contributed by atoms with Crippen molar-refractivity contribution in [1.29, 1.82) is 0 Å². The second-order valence-electron chi connectivity index (χ2n) is 12.2. The first-order valence-electron chi connectivity index (χ1n) is 14.8. The average Bonchev–Trinajstić information content (AvgIpc) is 2.94. The van der Waals surface area contributed by atoms with Crippen molar-refractivity contribution in [3.63, 3.8) is 0 Å². The summed E-state index contributed by atoms with van der Waals surface area (Å²) in [5, 5.41) is 8.05. The van der Waals surface area contributed by atoms with Gasteiger partial charge in [-0.3, -0.25) is 14.4 Å². The lowest BCUT2D eigenvalue weighted by atomic mass is 9.97. The predicted octanol–water partition coefficient (Wildman–Crippen LogP) is 6.26. The summed E-state index contributed by atoms with van der Waals surface area (Å²) in [5.41, 5.74) is 3.29. The average molecular weight is 610 g/mol. The Balaban J connectivity index is 1.68. The molecule has 236 valence electrons. The fourth-order valence-electron chi connectivity index (χ4n) is 4.96. The maximum Gasteiger partial charge on any atom is 0.416 e. The highest BCUT2D eigenvalue weighted by Gasteiger charge is 2.32. The lowest BCUT2D eigenvalue weighted by molar-refractivity contribution is -0.137. The molecule has 0 bridgehead atoms. The third-order valence-electron chi connectivity index (χ3n) is 7.20. The summed E-state index contributed by atoms with van der Waals surface area (Å²) >= 11 is 0. The van der Waals surface area contributed by atoms with Gasteiger partial charge in [0.05, 0.1) is 12.1 Å². The molecule has 9 heteroatoms. The van der Waals surface area contributed by atoms with Gasteiger partial charge in [0.25, 0.3) is 5.91 Å². The van der Waals surface area contributed by atoms with E-state index in [1.54, 1.807) is 0 Å². The van der Waals surface area contributed by atoms with Crippen molar-refractivity contribution in [1.82, 2.24) is 16.0 Å². The zero-order valence-corrected chi connectivity index (χ0v) is 26.0. The Labute approximate surface area is 257 Å². The highest BCUT2D eigenvalue weighted by Crippen LogP contribution is 2.31. The standard InChI is InChI=1S/C35H42F3N3O3/c1-23-14-16-26(24(2)20-23)12-9-13-30(33(44)41-34(3,4)5)40-31(42)22-39-32(43)29-21-28(35(36,37)38)19-18-27(29)17-15-25-10-7-6-8-11-25/h6-8,10-11,14,16,18-21,30H,9,12-13,15,17,22H2,1-5H3,(H,39,43)(H,40,42)(H,41,44)/t30-/m0/s1. The topological polar surface area (TPSA) is 87.3 Å². The van der Waals surface area contributed by atoms with Crippen molar-refractivity contribution in [2.45, 2.75) is 84.5 Å². The zero-order chi connectivity index (χ0) is 32.5. The summed E-state index contributed by atoms with van der Waals surface area (Å²) in [6.07, 6.45) is -2.04. The van der Waals surface area contributed by atoms with Crippen LogP contribution in [-0.4, -0.2) is 35.8 Å². The Morgan fingerprint density at radius 2 is 1.50 bits per heavy atom. The van der Waals surface area contributed by atoms with Gasteiger partial charge in [-0.05, 0) is 101 Å². The van der Waals surface area contributed by atoms with Gasteiger partial charge in [0, 0.05) is 11.1 Å². The van der Waals surface area contributed by atoms with Gasteiger partial charge in [0.2, 0.25) is 11.8 Å². The van der Waals surface area contributed by atoms with Gasteiger partial charge in [0.1, 0.15) is 6.04 Å². The molecule has 0 saturated carbocycles. The van der Waals surface area contributed by atoms with Gasteiger partial charge in [-0.2, -0.15) is 13.2 Å². The quantitative estimate of drug-likeness (QED) is 0.227. The predicted molar refractivity (Wildman–Crippen MR) is 166 cm³/mol. The van der Waals surface area contributed by atoms with E-state index in [1.807, 2.05) is 71.0 Å². The molecular formula is C35H42F3N3O3. The third-order valence-corrected chi connectivity index (χ3v) is 7.20. The summed E-state index contributed by atoms with van der Waals surface area (Å²) in [6, 6.07) is 17.8. The number of halogens is 3. The highest BCUT2D eigenvalue weighted by molar-refractivity contribution is 5.98. The minimum absolute atomic E-state index is 0.140. The van der Waals surface area contributed by atoms with E-state index in [1.165, 1.54) is 6.07 Å². The van der Waals surface area contributed by atoms with Gasteiger partial charge in [-0.25, -0.2) is 0 Å². The molecule has 0 aliphatic rings. The second kappa shape index (κ2) is 15.0. The fraction of sp³-hybridized carbons (Fsp3) is 0.400. The molecule has 6 nitrogen and oxygen atoms in total. The van der Waals surface area contributed by atoms with Crippen LogP contribution in [0.4, 0.5) is 13.2 Å². The Morgan fingerprint density at radius 3 is 2.14 bits per heavy atom. The van der Waals surface area contributed by atoms with Crippen LogP contribution in [0.25, 0.3) is 0 Å². The number of amides is 3. The van der Waals surface area contributed by atoms with Crippen molar-refractivity contribution in [2.24, 2.45) is 0 Å². The van der Waals surface area contributed by atoms with Gasteiger partial charge in [0.15, 0.2) is 0 Å². The number of hydrogen-bond acceptors (Lipinski definition) is 3. The van der Waals surface area contributed by atoms with Gasteiger partial charge in [-0.15, -0.1) is 0 Å². The SMILES string of the molecule is Cc1ccc(CCC[C@H](NC(=O)CNC(=O)c2cc(C(F)(F)F)ccc2CCc2ccccc2)C(=O)NC(C)(C)C)c(C)c1. The highest BCUT2D eigenvalue weighted by atomic mass is 19.4. The molecule has 3 aromatic rings. The van der Waals surface area contributed by atoms with Crippen LogP contribution in [0.5, 0.6) is 0 Å². The smallest absolute Gasteiger partial charge is 0.350 e. The van der Waals surface area contributed by atoms with Crippen LogP contribution in [0.2, 0.25) is 0 Å². The van der Waals surface area contributed by atoms with Crippen molar-refractivity contribution in [3.05, 3.63) is 106 Å². The first-order valence-corrected chi connectivity index (χ1v) is 14.8. The largest absolute Gasteiger partial charge is 0.416 e. The lowest BCUT2D eigenvalue weighted by Gasteiger charge is -2.25. The molecule has 3 amide bonds. The second-order valence-corrected chi connectivity index (χ2v) is 12.2. The van der Waals surface area contributed by atoms with Crippen molar-refractivity contribution in [3.8, 4) is 0 Å². The van der Waals surface area contributed by atoms with Gasteiger partial charge >= 0.3 is 6.18 Å². The van der Waals surface area contributed by atoms with E-state index >= 15 is 0 Å². The molecule has 0 aromatic heterocycles. The van der Waals surface area contributed by atoms with Gasteiger partial charge < -0.3 is 16.0 Å². The number of alkyl halides is 3. The summed E-state index contributed by atoms with van der Waals surface area (Å²) in [6.45, 7) is 9.08. The normalized spacial score (nSPS) is 12.4. The molecule has 0 heterocycles. The van der Waals surface area contributed by atoms with Crippen LogP contribution >= 0.6 is 0 Å². The molecule has 0 radical (unpaired) electrons. The number of carbonyl (C=O) groups is 3.